The summed E-state index contributed by atoms with van der Waals surface area (Å²) in [6.45, 7) is 2.06. The first-order chi connectivity index (χ1) is 26.5. The number of nitrogens with one attached hydrogen (secondary N) is 4. The summed E-state index contributed by atoms with van der Waals surface area (Å²) < 4.78 is 47.1. The van der Waals surface area contributed by atoms with E-state index in [0.29, 0.717) is 60.7 Å². The molecular weight excluding hydrogens is 729 g/mol. The Morgan fingerprint density at radius 3 is 2.22 bits per heavy atom. The minimum atomic E-state index is -4.00. The first kappa shape index (κ1) is 41.0. The van der Waals surface area contributed by atoms with Crippen molar-refractivity contribution in [2.45, 2.75) is 64.1 Å². The lowest BCUT2D eigenvalue weighted by atomic mass is 10.0. The summed E-state index contributed by atoms with van der Waals surface area (Å²) in [6.07, 6.45) is 2.85. The Balaban J connectivity index is 1.40. The average Bonchev–Trinajstić information content (AvgIpc) is 3.74. The molecular formula is C39H50N6O9S. The molecule has 55 heavy (non-hydrogen) atoms. The van der Waals surface area contributed by atoms with Crippen LogP contribution < -0.4 is 35.5 Å². The van der Waals surface area contributed by atoms with Crippen LogP contribution in [0.1, 0.15) is 60.5 Å². The van der Waals surface area contributed by atoms with E-state index >= 15 is 0 Å². The molecule has 1 fully saturated rings. The number of methoxy groups -OCH3 is 2. The maximum atomic E-state index is 13.7. The maximum Gasteiger partial charge on any atom is 0.282 e. The fourth-order valence-corrected chi connectivity index (χ4v) is 8.06. The van der Waals surface area contributed by atoms with Gasteiger partial charge in [0, 0.05) is 49.9 Å². The monoisotopic (exact) mass is 778 g/mol. The van der Waals surface area contributed by atoms with E-state index < -0.39 is 46.6 Å². The molecule has 0 saturated carbocycles. The number of hydrogen-bond acceptors (Lipinski definition) is 9. The van der Waals surface area contributed by atoms with Crippen molar-refractivity contribution in [3.8, 4) is 23.0 Å². The number of carbonyl (C=O) groups excluding carboxylic acids is 4. The van der Waals surface area contributed by atoms with Crippen LogP contribution in [-0.2, 0) is 37.6 Å². The van der Waals surface area contributed by atoms with E-state index in [1.165, 1.54) is 25.4 Å². The van der Waals surface area contributed by atoms with Crippen molar-refractivity contribution in [1.29, 1.82) is 0 Å². The summed E-state index contributed by atoms with van der Waals surface area (Å²) in [5.74, 6) is -0.570. The van der Waals surface area contributed by atoms with Crippen LogP contribution in [0, 0.1) is 0 Å². The molecule has 3 aliphatic rings. The molecule has 6 rings (SSSR count). The SMILES string of the molecule is COc1cc2ccc1CNC(=O)[C@H](C)NC(=O)[C@H](CCc1ccccc1)NC(=O)CN(S(=O)(=O)N1CCCC1)CCCCNC(=O)c1ccc(OC)c(c1)O2. The zero-order valence-corrected chi connectivity index (χ0v) is 32.3. The molecule has 4 bridgehead atoms. The van der Waals surface area contributed by atoms with Crippen LogP contribution in [0.3, 0.4) is 0 Å². The van der Waals surface area contributed by atoms with E-state index in [1.54, 1.807) is 36.4 Å². The van der Waals surface area contributed by atoms with Gasteiger partial charge in [0.05, 0.1) is 20.8 Å². The average molecular weight is 779 g/mol. The van der Waals surface area contributed by atoms with Crippen LogP contribution in [0.25, 0.3) is 0 Å². The Kier molecular flexibility index (Phi) is 14.5. The highest BCUT2D eigenvalue weighted by molar-refractivity contribution is 7.86. The van der Waals surface area contributed by atoms with Gasteiger partial charge in [-0.15, -0.1) is 0 Å². The molecule has 1 saturated heterocycles. The fourth-order valence-electron chi connectivity index (χ4n) is 6.37. The molecule has 0 aliphatic carbocycles. The van der Waals surface area contributed by atoms with Crippen LogP contribution in [0.5, 0.6) is 23.0 Å². The number of rotatable bonds is 7. The Bertz CT molecular complexity index is 1920. The molecule has 3 heterocycles. The van der Waals surface area contributed by atoms with Gasteiger partial charge in [-0.3, -0.25) is 19.2 Å². The smallest absolute Gasteiger partial charge is 0.282 e. The predicted octanol–water partition coefficient (Wildman–Crippen LogP) is 2.90. The van der Waals surface area contributed by atoms with E-state index in [1.807, 2.05) is 30.3 Å². The number of fused-ring (bicyclic) bond motifs is 18. The molecule has 4 amide bonds. The predicted molar refractivity (Wildman–Crippen MR) is 205 cm³/mol. The molecule has 2 atom stereocenters. The van der Waals surface area contributed by atoms with Gasteiger partial charge in [-0.2, -0.15) is 17.0 Å². The third-order valence-electron chi connectivity index (χ3n) is 9.49. The molecule has 15 nitrogen and oxygen atoms in total. The quantitative estimate of drug-likeness (QED) is 0.262. The molecule has 0 radical (unpaired) electrons. The largest absolute Gasteiger partial charge is 0.496 e. The highest BCUT2D eigenvalue weighted by Crippen LogP contribution is 2.35. The molecule has 3 aromatic carbocycles. The zero-order chi connectivity index (χ0) is 39.4. The van der Waals surface area contributed by atoms with Gasteiger partial charge in [0.15, 0.2) is 11.5 Å². The Morgan fingerprint density at radius 1 is 0.782 bits per heavy atom. The van der Waals surface area contributed by atoms with Gasteiger partial charge in [-0.05, 0) is 81.3 Å². The van der Waals surface area contributed by atoms with Crippen molar-refractivity contribution in [2.24, 2.45) is 0 Å². The van der Waals surface area contributed by atoms with Gasteiger partial charge >= 0.3 is 0 Å². The van der Waals surface area contributed by atoms with Gasteiger partial charge in [0.1, 0.15) is 23.6 Å². The first-order valence-electron chi connectivity index (χ1n) is 18.5. The highest BCUT2D eigenvalue weighted by Gasteiger charge is 2.34. The fraction of sp³-hybridized carbons (Fsp3) is 0.436. The van der Waals surface area contributed by atoms with E-state index in [-0.39, 0.29) is 37.7 Å². The second-order valence-corrected chi connectivity index (χ2v) is 15.4. The Morgan fingerprint density at radius 2 is 1.49 bits per heavy atom. The molecule has 296 valence electrons. The van der Waals surface area contributed by atoms with Crippen LogP contribution in [0.15, 0.2) is 66.7 Å². The van der Waals surface area contributed by atoms with E-state index in [9.17, 15) is 27.6 Å². The molecule has 3 aliphatic heterocycles. The summed E-state index contributed by atoms with van der Waals surface area (Å²) in [4.78, 5) is 53.7. The number of benzene rings is 3. The summed E-state index contributed by atoms with van der Waals surface area (Å²) in [5.41, 5.74) is 1.90. The molecule has 16 heteroatoms. The number of ether oxygens (including phenoxy) is 3. The lowest BCUT2D eigenvalue weighted by molar-refractivity contribution is -0.132. The van der Waals surface area contributed by atoms with Crippen molar-refractivity contribution in [3.05, 3.63) is 83.4 Å². The molecule has 0 unspecified atom stereocenters. The molecule has 0 spiro atoms. The summed E-state index contributed by atoms with van der Waals surface area (Å²) in [7, 11) is -1.02. The number of amides is 4. The Hall–Kier alpha value is -5.19. The first-order valence-corrected chi connectivity index (χ1v) is 19.9. The summed E-state index contributed by atoms with van der Waals surface area (Å²) in [5, 5.41) is 11.1. The summed E-state index contributed by atoms with van der Waals surface area (Å²) >= 11 is 0. The molecule has 3 aromatic rings. The number of aryl methyl sites for hydroxylation is 1. The van der Waals surface area contributed by atoms with Crippen LogP contribution in [0.2, 0.25) is 0 Å². The van der Waals surface area contributed by atoms with Gasteiger partial charge < -0.3 is 35.5 Å². The standard InChI is InChI=1S/C39H50N6O9S/c1-27-37(47)41-25-30-14-16-31(24-34(30)53-3)54-35-23-29(15-18-33(35)52-2)38(48)40-19-7-8-22-45(55(50,51)44-20-9-10-21-44)26-36(46)43-32(39(49)42-27)17-13-28-11-5-4-6-12-28/h4-6,11-12,14-16,18,23-24,27,32H,7-10,13,17,19-22,25-26H2,1-3H3,(H,40,48)(H,41,47)(H,42,49)(H,43,46)/t27-,32-/m0/s1. The molecule has 4 N–H and O–H groups in total. The van der Waals surface area contributed by atoms with E-state index in [4.69, 9.17) is 14.2 Å². The van der Waals surface area contributed by atoms with Crippen molar-refractivity contribution in [1.82, 2.24) is 29.9 Å². The highest BCUT2D eigenvalue weighted by atomic mass is 32.2. The van der Waals surface area contributed by atoms with Crippen molar-refractivity contribution >= 4 is 33.8 Å². The van der Waals surface area contributed by atoms with Gasteiger partial charge in [0.2, 0.25) is 17.7 Å². The number of hydrogen-bond donors (Lipinski definition) is 4. The zero-order valence-electron chi connectivity index (χ0n) is 31.5. The normalized spacial score (nSPS) is 20.2. The van der Waals surface area contributed by atoms with Crippen LogP contribution in [-0.4, -0.2) is 99.7 Å². The lowest BCUT2D eigenvalue weighted by Gasteiger charge is -2.28. The number of nitrogens with zero attached hydrogens (tertiary/aromatic N) is 2. The second-order valence-electron chi connectivity index (χ2n) is 13.4. The minimum Gasteiger partial charge on any atom is -0.496 e. The van der Waals surface area contributed by atoms with Crippen molar-refractivity contribution in [2.75, 3.05) is 46.9 Å². The summed E-state index contributed by atoms with van der Waals surface area (Å²) in [6, 6.07) is 17.3. The maximum absolute atomic E-state index is 13.7. The molecule has 0 aromatic heterocycles. The van der Waals surface area contributed by atoms with Crippen LogP contribution >= 0.6 is 0 Å². The minimum absolute atomic E-state index is 0.0167. The second kappa shape index (κ2) is 19.4. The number of carbonyl (C=O) groups is 4. The third-order valence-corrected chi connectivity index (χ3v) is 11.5. The van der Waals surface area contributed by atoms with Crippen molar-refractivity contribution in [3.63, 3.8) is 0 Å². The Labute approximate surface area is 322 Å². The third kappa shape index (κ3) is 11.2. The van der Waals surface area contributed by atoms with Gasteiger partial charge in [0.25, 0.3) is 16.1 Å². The van der Waals surface area contributed by atoms with Crippen LogP contribution in [0.4, 0.5) is 0 Å². The van der Waals surface area contributed by atoms with E-state index in [2.05, 4.69) is 21.3 Å². The van der Waals surface area contributed by atoms with Crippen molar-refractivity contribution < 1.29 is 41.8 Å². The van der Waals surface area contributed by atoms with Gasteiger partial charge in [-0.1, -0.05) is 30.3 Å². The lowest BCUT2D eigenvalue weighted by Crippen LogP contribution is -2.55. The van der Waals surface area contributed by atoms with E-state index in [0.717, 1.165) is 22.7 Å². The van der Waals surface area contributed by atoms with Gasteiger partial charge in [-0.25, -0.2) is 0 Å². The topological polar surface area (TPSA) is 185 Å².